The molecular weight excluding hydrogens is 358 g/mol. The van der Waals surface area contributed by atoms with Crippen molar-refractivity contribution in [3.63, 3.8) is 0 Å². The highest BCUT2D eigenvalue weighted by molar-refractivity contribution is 6.33. The highest BCUT2D eigenvalue weighted by Gasteiger charge is 2.06. The van der Waals surface area contributed by atoms with E-state index in [2.05, 4.69) is 15.3 Å². The van der Waals surface area contributed by atoms with Crippen LogP contribution in [0.25, 0.3) is 11.0 Å². The first-order chi connectivity index (χ1) is 13.1. The second kappa shape index (κ2) is 13.8. The minimum atomic E-state index is 0.142. The van der Waals surface area contributed by atoms with Gasteiger partial charge >= 0.3 is 0 Å². The normalized spacial score (nSPS) is 9.04. The van der Waals surface area contributed by atoms with Crippen LogP contribution in [0.15, 0.2) is 42.5 Å². The summed E-state index contributed by atoms with van der Waals surface area (Å²) >= 11 is 6.11. The zero-order valence-electron chi connectivity index (χ0n) is 17.5. The molecule has 27 heavy (non-hydrogen) atoms. The minimum Gasteiger partial charge on any atom is -0.324 e. The molecular formula is C22H32ClN3O. The molecule has 148 valence electrons. The highest BCUT2D eigenvalue weighted by atomic mass is 35.5. The molecule has 1 heterocycles. The summed E-state index contributed by atoms with van der Waals surface area (Å²) in [6.07, 6.45) is 0.433. The van der Waals surface area contributed by atoms with Crippen LogP contribution in [0.3, 0.4) is 0 Å². The molecule has 0 aliphatic carbocycles. The van der Waals surface area contributed by atoms with Crippen molar-refractivity contribution in [1.82, 2.24) is 9.97 Å². The number of hydrogen-bond donors (Lipinski definition) is 2. The molecule has 0 fully saturated rings. The largest absolute Gasteiger partial charge is 0.324 e. The number of nitrogens with zero attached hydrogens (tertiary/aromatic N) is 1. The number of rotatable bonds is 4. The lowest BCUT2D eigenvalue weighted by molar-refractivity contribution is -0.116. The van der Waals surface area contributed by atoms with Crippen LogP contribution >= 0.6 is 11.6 Å². The van der Waals surface area contributed by atoms with Crippen molar-refractivity contribution >= 4 is 40.1 Å². The summed E-state index contributed by atoms with van der Waals surface area (Å²) in [5, 5.41) is 3.79. The van der Waals surface area contributed by atoms with Crippen molar-refractivity contribution in [2.75, 3.05) is 5.32 Å². The average molecular weight is 390 g/mol. The standard InChI is InChI=1S/C16H14ClN3O.3C2H6/c1-10(21)8-11-6-7-14-15(9-11)20-16(19-14)18-13-5-3-2-4-12(13)17;3*1-2/h2-7,9H,8H2,1H3,(H2,18,19,20);3*1-2H3. The highest BCUT2D eigenvalue weighted by Crippen LogP contribution is 2.25. The molecule has 0 saturated carbocycles. The Labute approximate surface area is 168 Å². The fourth-order valence-electron chi connectivity index (χ4n) is 2.20. The summed E-state index contributed by atoms with van der Waals surface area (Å²) in [6, 6.07) is 13.3. The van der Waals surface area contributed by atoms with Crippen molar-refractivity contribution in [2.24, 2.45) is 0 Å². The Hall–Kier alpha value is -2.33. The molecule has 0 atom stereocenters. The molecule has 2 N–H and O–H groups in total. The monoisotopic (exact) mass is 389 g/mol. The minimum absolute atomic E-state index is 0.142. The van der Waals surface area contributed by atoms with E-state index in [1.807, 2.05) is 84.0 Å². The molecule has 2 aromatic carbocycles. The van der Waals surface area contributed by atoms with Crippen LogP contribution in [0.1, 0.15) is 54.0 Å². The van der Waals surface area contributed by atoms with Crippen LogP contribution in [-0.2, 0) is 11.2 Å². The van der Waals surface area contributed by atoms with Crippen LogP contribution in [0.2, 0.25) is 5.02 Å². The number of para-hydroxylation sites is 1. The summed E-state index contributed by atoms with van der Waals surface area (Å²) in [5.74, 6) is 0.765. The summed E-state index contributed by atoms with van der Waals surface area (Å²) in [4.78, 5) is 18.8. The number of hydrogen-bond acceptors (Lipinski definition) is 3. The van der Waals surface area contributed by atoms with Gasteiger partial charge in [-0.25, -0.2) is 4.98 Å². The van der Waals surface area contributed by atoms with E-state index < -0.39 is 0 Å². The number of halogens is 1. The molecule has 0 bridgehead atoms. The van der Waals surface area contributed by atoms with Crippen molar-refractivity contribution in [2.45, 2.75) is 54.9 Å². The van der Waals surface area contributed by atoms with Crippen LogP contribution < -0.4 is 5.32 Å². The maximum atomic E-state index is 11.2. The predicted octanol–water partition coefficient (Wildman–Crippen LogP) is 7.17. The third kappa shape index (κ3) is 7.83. The van der Waals surface area contributed by atoms with Gasteiger partial charge in [-0.1, -0.05) is 71.3 Å². The summed E-state index contributed by atoms with van der Waals surface area (Å²) in [6.45, 7) is 13.6. The van der Waals surface area contributed by atoms with E-state index in [1.54, 1.807) is 6.92 Å². The zero-order chi connectivity index (χ0) is 20.8. The van der Waals surface area contributed by atoms with Gasteiger partial charge in [0.25, 0.3) is 0 Å². The third-order valence-corrected chi connectivity index (χ3v) is 3.46. The Morgan fingerprint density at radius 1 is 1.04 bits per heavy atom. The maximum Gasteiger partial charge on any atom is 0.205 e. The molecule has 0 amide bonds. The molecule has 1 aromatic heterocycles. The number of nitrogens with one attached hydrogen (secondary N) is 2. The Bertz CT molecular complexity index is 812. The van der Waals surface area contributed by atoms with E-state index in [0.717, 1.165) is 22.3 Å². The molecule has 4 nitrogen and oxygen atoms in total. The Morgan fingerprint density at radius 2 is 1.67 bits per heavy atom. The summed E-state index contributed by atoms with van der Waals surface area (Å²) in [5.41, 5.74) is 3.50. The summed E-state index contributed by atoms with van der Waals surface area (Å²) < 4.78 is 0. The summed E-state index contributed by atoms with van der Waals surface area (Å²) in [7, 11) is 0. The molecule has 0 saturated heterocycles. The second-order valence-electron chi connectivity index (χ2n) is 4.92. The number of anilines is 2. The molecule has 0 radical (unpaired) electrons. The van der Waals surface area contributed by atoms with Gasteiger partial charge in [0.15, 0.2) is 0 Å². The first-order valence-corrected chi connectivity index (χ1v) is 9.99. The Balaban J connectivity index is 0.00000103. The quantitative estimate of drug-likeness (QED) is 0.497. The number of fused-ring (bicyclic) bond motifs is 1. The van der Waals surface area contributed by atoms with Crippen LogP contribution in [0.5, 0.6) is 0 Å². The molecule has 0 spiro atoms. The number of aromatic nitrogens is 2. The van der Waals surface area contributed by atoms with Gasteiger partial charge in [-0.05, 0) is 36.8 Å². The number of imidazole rings is 1. The molecule has 0 aliphatic heterocycles. The van der Waals surface area contributed by atoms with Gasteiger partial charge in [0.2, 0.25) is 5.95 Å². The number of H-pyrrole nitrogens is 1. The zero-order valence-corrected chi connectivity index (χ0v) is 18.2. The van der Waals surface area contributed by atoms with Crippen molar-refractivity contribution in [3.8, 4) is 0 Å². The smallest absolute Gasteiger partial charge is 0.205 e. The van der Waals surface area contributed by atoms with Crippen molar-refractivity contribution in [1.29, 1.82) is 0 Å². The van der Waals surface area contributed by atoms with E-state index in [1.165, 1.54) is 0 Å². The number of aromatic amines is 1. The van der Waals surface area contributed by atoms with Gasteiger partial charge in [-0.2, -0.15) is 0 Å². The van der Waals surface area contributed by atoms with Gasteiger partial charge in [0, 0.05) is 6.42 Å². The van der Waals surface area contributed by atoms with Gasteiger partial charge in [0.05, 0.1) is 21.7 Å². The lowest BCUT2D eigenvalue weighted by Gasteiger charge is -2.03. The first kappa shape index (κ1) is 24.7. The fraction of sp³-hybridized carbons (Fsp3) is 0.364. The van der Waals surface area contributed by atoms with Crippen molar-refractivity contribution < 1.29 is 4.79 Å². The number of carbonyl (C=O) groups is 1. The third-order valence-electron chi connectivity index (χ3n) is 3.13. The van der Waals surface area contributed by atoms with Crippen LogP contribution in [0, 0.1) is 0 Å². The SMILES string of the molecule is CC.CC.CC.CC(=O)Cc1ccc2nc(Nc3ccccc3Cl)[nH]c2c1. The van der Waals surface area contributed by atoms with Crippen molar-refractivity contribution in [3.05, 3.63) is 53.1 Å². The van der Waals surface area contributed by atoms with Gasteiger partial charge < -0.3 is 10.3 Å². The van der Waals surface area contributed by atoms with E-state index in [9.17, 15) is 4.79 Å². The van der Waals surface area contributed by atoms with E-state index in [-0.39, 0.29) is 5.78 Å². The number of carbonyl (C=O) groups excluding carboxylic acids is 1. The van der Waals surface area contributed by atoms with E-state index in [4.69, 9.17) is 11.6 Å². The molecule has 3 aromatic rings. The fourth-order valence-corrected chi connectivity index (χ4v) is 2.39. The van der Waals surface area contributed by atoms with Crippen LogP contribution in [0.4, 0.5) is 11.6 Å². The number of ketones is 1. The Kier molecular flexibility index (Phi) is 12.6. The topological polar surface area (TPSA) is 57.8 Å². The van der Waals surface area contributed by atoms with Gasteiger partial charge in [-0.3, -0.25) is 4.79 Å². The first-order valence-electron chi connectivity index (χ1n) is 9.61. The van der Waals surface area contributed by atoms with E-state index >= 15 is 0 Å². The molecule has 0 unspecified atom stereocenters. The lowest BCUT2D eigenvalue weighted by atomic mass is 10.1. The predicted molar refractivity (Wildman–Crippen MR) is 119 cm³/mol. The number of benzene rings is 2. The molecule has 0 aliphatic rings. The van der Waals surface area contributed by atoms with Gasteiger partial charge in [0.1, 0.15) is 5.78 Å². The lowest BCUT2D eigenvalue weighted by Crippen LogP contribution is -1.95. The maximum absolute atomic E-state index is 11.2. The van der Waals surface area contributed by atoms with Crippen LogP contribution in [-0.4, -0.2) is 15.8 Å². The Morgan fingerprint density at radius 3 is 2.26 bits per heavy atom. The molecule has 3 rings (SSSR count). The molecule has 5 heteroatoms. The van der Waals surface area contributed by atoms with E-state index in [0.29, 0.717) is 17.4 Å². The average Bonchev–Trinajstić information content (AvgIpc) is 3.09. The number of Topliss-reactive ketones (excluding diaryl/α,β-unsaturated/α-hetero) is 1. The second-order valence-corrected chi connectivity index (χ2v) is 5.33. The van der Waals surface area contributed by atoms with Gasteiger partial charge in [-0.15, -0.1) is 0 Å².